The van der Waals surface area contributed by atoms with Gasteiger partial charge < -0.3 is 0 Å². The Morgan fingerprint density at radius 3 is 2.78 bits per heavy atom. The van der Waals surface area contributed by atoms with Crippen LogP contribution in [-0.4, -0.2) is 9.55 Å². The highest BCUT2D eigenvalue weighted by Crippen LogP contribution is 2.08. The first kappa shape index (κ1) is 12.1. The lowest BCUT2D eigenvalue weighted by Crippen LogP contribution is -2.30. The lowest BCUT2D eigenvalue weighted by atomic mass is 10.1. The summed E-state index contributed by atoms with van der Waals surface area (Å²) in [7, 11) is 0. The van der Waals surface area contributed by atoms with Gasteiger partial charge in [0.1, 0.15) is 5.15 Å². The highest BCUT2D eigenvalue weighted by molar-refractivity contribution is 6.29. The monoisotopic (exact) mass is 261 g/mol. The number of nitrogens with one attached hydrogen (secondary N) is 1. The van der Waals surface area contributed by atoms with E-state index in [1.165, 1.54) is 4.57 Å². The van der Waals surface area contributed by atoms with Gasteiger partial charge >= 0.3 is 5.69 Å². The number of aromatic nitrogens is 2. The lowest BCUT2D eigenvalue weighted by Gasteiger charge is -2.07. The molecule has 1 aromatic carbocycles. The van der Waals surface area contributed by atoms with Crippen LogP contribution in [0.5, 0.6) is 0 Å². The summed E-state index contributed by atoms with van der Waals surface area (Å²) < 4.78 is 1.22. The van der Waals surface area contributed by atoms with Gasteiger partial charge in [-0.3, -0.25) is 14.3 Å². The van der Waals surface area contributed by atoms with Crippen LogP contribution in [0.25, 0.3) is 0 Å². The van der Waals surface area contributed by atoms with E-state index in [9.17, 15) is 9.59 Å². The van der Waals surface area contributed by atoms with Gasteiger partial charge in [-0.15, -0.1) is 0 Å². The highest BCUT2D eigenvalue weighted by atomic mass is 35.5. The average Bonchev–Trinajstić information content (AvgIpc) is 2.34. The first-order valence-electron chi connectivity index (χ1n) is 5.09. The molecule has 0 atom stereocenters. The van der Waals surface area contributed by atoms with Gasteiger partial charge in [0.05, 0.1) is 18.2 Å². The highest BCUT2D eigenvalue weighted by Gasteiger charge is 2.05. The molecular formula is C12H8ClN3O2. The summed E-state index contributed by atoms with van der Waals surface area (Å²) >= 11 is 5.84. The second-order valence-electron chi connectivity index (χ2n) is 3.66. The van der Waals surface area contributed by atoms with Crippen molar-refractivity contribution in [2.24, 2.45) is 0 Å². The van der Waals surface area contributed by atoms with Crippen LogP contribution in [0.2, 0.25) is 5.15 Å². The summed E-state index contributed by atoms with van der Waals surface area (Å²) in [6.07, 6.45) is 0. The number of hydrogen-bond acceptors (Lipinski definition) is 3. The molecule has 0 aliphatic heterocycles. The van der Waals surface area contributed by atoms with Crippen molar-refractivity contribution < 1.29 is 0 Å². The molecular weight excluding hydrogens is 254 g/mol. The maximum atomic E-state index is 11.6. The van der Waals surface area contributed by atoms with Crippen molar-refractivity contribution in [2.75, 3.05) is 0 Å². The zero-order valence-electron chi connectivity index (χ0n) is 9.18. The second kappa shape index (κ2) is 4.90. The fourth-order valence-corrected chi connectivity index (χ4v) is 1.80. The zero-order chi connectivity index (χ0) is 13.1. The molecule has 1 aromatic heterocycles. The van der Waals surface area contributed by atoms with E-state index >= 15 is 0 Å². The van der Waals surface area contributed by atoms with Gasteiger partial charge in [-0.1, -0.05) is 23.7 Å². The number of hydrogen-bond donors (Lipinski definition) is 1. The van der Waals surface area contributed by atoms with Gasteiger partial charge in [-0.05, 0) is 17.7 Å². The van der Waals surface area contributed by atoms with Gasteiger partial charge in [0.15, 0.2) is 0 Å². The van der Waals surface area contributed by atoms with Crippen molar-refractivity contribution in [3.63, 3.8) is 0 Å². The Hall–Kier alpha value is -2.32. The molecule has 1 heterocycles. The topological polar surface area (TPSA) is 78.7 Å². The predicted octanol–water partition coefficient (Wildman–Crippen LogP) is 1.11. The van der Waals surface area contributed by atoms with E-state index in [4.69, 9.17) is 16.9 Å². The van der Waals surface area contributed by atoms with E-state index < -0.39 is 11.2 Å². The lowest BCUT2D eigenvalue weighted by molar-refractivity contribution is 0.721. The Kier molecular flexibility index (Phi) is 3.31. The minimum atomic E-state index is -0.574. The first-order valence-corrected chi connectivity index (χ1v) is 5.46. The van der Waals surface area contributed by atoms with Crippen molar-refractivity contribution in [3.8, 4) is 6.07 Å². The molecule has 2 aromatic rings. The van der Waals surface area contributed by atoms with Crippen molar-refractivity contribution in [3.05, 3.63) is 67.4 Å². The standard InChI is InChI=1S/C12H8ClN3O2/c13-10-5-11(17)15-12(18)16(10)7-9-3-1-2-8(4-9)6-14/h1-5H,7H2,(H,15,17,18). The van der Waals surface area contributed by atoms with Crippen LogP contribution < -0.4 is 11.2 Å². The van der Waals surface area contributed by atoms with Crippen molar-refractivity contribution in [2.45, 2.75) is 6.54 Å². The maximum Gasteiger partial charge on any atom is 0.329 e. The van der Waals surface area contributed by atoms with Gasteiger partial charge in [0.2, 0.25) is 0 Å². The van der Waals surface area contributed by atoms with Gasteiger partial charge in [-0.2, -0.15) is 5.26 Å². The van der Waals surface area contributed by atoms with E-state index in [0.717, 1.165) is 11.6 Å². The Morgan fingerprint density at radius 1 is 1.33 bits per heavy atom. The minimum absolute atomic E-state index is 0.0612. The Bertz CT molecular complexity index is 740. The van der Waals surface area contributed by atoms with E-state index in [1.807, 2.05) is 6.07 Å². The van der Waals surface area contributed by atoms with Gasteiger partial charge in [0.25, 0.3) is 5.56 Å². The van der Waals surface area contributed by atoms with Crippen LogP contribution in [0.3, 0.4) is 0 Å². The molecule has 5 nitrogen and oxygen atoms in total. The summed E-state index contributed by atoms with van der Waals surface area (Å²) in [5, 5.41) is 8.84. The Morgan fingerprint density at radius 2 is 2.11 bits per heavy atom. The molecule has 1 N–H and O–H groups in total. The number of nitrogens with zero attached hydrogens (tertiary/aromatic N) is 2. The number of aromatic amines is 1. The number of nitriles is 1. The van der Waals surface area contributed by atoms with Gasteiger partial charge in [0, 0.05) is 6.07 Å². The number of benzene rings is 1. The Balaban J connectivity index is 2.44. The summed E-state index contributed by atoms with van der Waals surface area (Å²) in [5.41, 5.74) is 0.146. The van der Waals surface area contributed by atoms with Crippen LogP contribution in [-0.2, 0) is 6.54 Å². The van der Waals surface area contributed by atoms with Crippen molar-refractivity contribution >= 4 is 11.6 Å². The predicted molar refractivity (Wildman–Crippen MR) is 66.6 cm³/mol. The third-order valence-electron chi connectivity index (χ3n) is 2.38. The second-order valence-corrected chi connectivity index (χ2v) is 4.05. The summed E-state index contributed by atoms with van der Waals surface area (Å²) in [4.78, 5) is 24.7. The molecule has 0 aliphatic rings. The fraction of sp³-hybridized carbons (Fsp3) is 0.0833. The molecule has 0 unspecified atom stereocenters. The third kappa shape index (κ3) is 2.50. The zero-order valence-corrected chi connectivity index (χ0v) is 9.94. The molecule has 0 bridgehead atoms. The Labute approximate surface area is 107 Å². The van der Waals surface area contributed by atoms with Crippen LogP contribution >= 0.6 is 11.6 Å². The molecule has 0 saturated heterocycles. The molecule has 90 valence electrons. The van der Waals surface area contributed by atoms with Crippen molar-refractivity contribution in [1.82, 2.24) is 9.55 Å². The molecule has 2 rings (SSSR count). The molecule has 18 heavy (non-hydrogen) atoms. The van der Waals surface area contributed by atoms with E-state index in [-0.39, 0.29) is 11.7 Å². The van der Waals surface area contributed by atoms with Crippen LogP contribution in [0.4, 0.5) is 0 Å². The average molecular weight is 262 g/mol. The van der Waals surface area contributed by atoms with Crippen LogP contribution in [0.1, 0.15) is 11.1 Å². The smallest absolute Gasteiger partial charge is 0.279 e. The normalized spacial score (nSPS) is 10.0. The maximum absolute atomic E-state index is 11.6. The van der Waals surface area contributed by atoms with Crippen molar-refractivity contribution in [1.29, 1.82) is 5.26 Å². The molecule has 0 fully saturated rings. The van der Waals surface area contributed by atoms with Crippen LogP contribution in [0, 0.1) is 11.3 Å². The molecule has 0 amide bonds. The van der Waals surface area contributed by atoms with E-state index in [0.29, 0.717) is 5.56 Å². The van der Waals surface area contributed by atoms with Gasteiger partial charge in [-0.25, -0.2) is 4.79 Å². The summed E-state index contributed by atoms with van der Waals surface area (Å²) in [6, 6.07) is 9.97. The minimum Gasteiger partial charge on any atom is -0.279 e. The largest absolute Gasteiger partial charge is 0.329 e. The number of halogens is 1. The number of H-pyrrole nitrogens is 1. The molecule has 0 spiro atoms. The van der Waals surface area contributed by atoms with E-state index in [2.05, 4.69) is 4.98 Å². The quantitative estimate of drug-likeness (QED) is 0.823. The van der Waals surface area contributed by atoms with E-state index in [1.54, 1.807) is 24.3 Å². The molecule has 0 radical (unpaired) electrons. The third-order valence-corrected chi connectivity index (χ3v) is 2.69. The SMILES string of the molecule is N#Cc1cccc(Cn2c(Cl)cc(=O)[nH]c2=O)c1. The molecule has 0 saturated carbocycles. The number of rotatable bonds is 2. The summed E-state index contributed by atoms with van der Waals surface area (Å²) in [6.45, 7) is 0.198. The first-order chi connectivity index (χ1) is 8.60. The summed E-state index contributed by atoms with van der Waals surface area (Å²) in [5.74, 6) is 0. The fourth-order valence-electron chi connectivity index (χ4n) is 1.56. The molecule has 0 aliphatic carbocycles. The molecule has 6 heteroatoms. The van der Waals surface area contributed by atoms with Crippen LogP contribution in [0.15, 0.2) is 39.9 Å².